The Morgan fingerprint density at radius 3 is 2.05 bits per heavy atom. The van der Waals surface area contributed by atoms with E-state index in [0.29, 0.717) is 21.7 Å². The highest BCUT2D eigenvalue weighted by atomic mass is 35.5. The molecule has 0 bridgehead atoms. The Labute approximate surface area is 124 Å². The van der Waals surface area contributed by atoms with E-state index in [-0.39, 0.29) is 0 Å². The average molecular weight is 308 g/mol. The monoisotopic (exact) mass is 307 g/mol. The lowest BCUT2D eigenvalue weighted by Gasteiger charge is -2.06. The van der Waals surface area contributed by atoms with E-state index in [4.69, 9.17) is 16.9 Å². The molecule has 0 aliphatic rings. The lowest BCUT2D eigenvalue weighted by Crippen LogP contribution is -2.03. The van der Waals surface area contributed by atoms with Crippen molar-refractivity contribution in [1.29, 1.82) is 5.26 Å². The van der Waals surface area contributed by atoms with Gasteiger partial charge in [-0.15, -0.1) is 0 Å². The zero-order valence-electron chi connectivity index (χ0n) is 10.7. The maximum atomic E-state index is 12.5. The van der Waals surface area contributed by atoms with Crippen LogP contribution in [0.1, 0.15) is 16.7 Å². The molecular formula is C16H9ClF3N. The molecule has 2 rings (SSSR count). The summed E-state index contributed by atoms with van der Waals surface area (Å²) in [5, 5.41) is 9.71. The minimum Gasteiger partial charge on any atom is -0.192 e. The third kappa shape index (κ3) is 3.87. The van der Waals surface area contributed by atoms with Crippen LogP contribution in [0.25, 0.3) is 11.6 Å². The predicted molar refractivity (Wildman–Crippen MR) is 76.4 cm³/mol. The summed E-state index contributed by atoms with van der Waals surface area (Å²) in [5.74, 6) is 0. The first-order valence-corrected chi connectivity index (χ1v) is 6.33. The van der Waals surface area contributed by atoms with Crippen molar-refractivity contribution in [3.05, 3.63) is 70.2 Å². The Morgan fingerprint density at radius 2 is 1.57 bits per heavy atom. The van der Waals surface area contributed by atoms with E-state index in [1.54, 1.807) is 24.3 Å². The number of nitriles is 1. The van der Waals surface area contributed by atoms with Crippen molar-refractivity contribution in [2.75, 3.05) is 0 Å². The van der Waals surface area contributed by atoms with Crippen molar-refractivity contribution in [1.82, 2.24) is 0 Å². The second kappa shape index (κ2) is 6.02. The third-order valence-corrected chi connectivity index (χ3v) is 3.08. The molecular weight excluding hydrogens is 299 g/mol. The Balaban J connectivity index is 2.33. The second-order valence-electron chi connectivity index (χ2n) is 4.30. The van der Waals surface area contributed by atoms with Crippen LogP contribution in [0, 0.1) is 11.3 Å². The lowest BCUT2D eigenvalue weighted by molar-refractivity contribution is -0.137. The molecule has 0 aliphatic carbocycles. The molecule has 5 heteroatoms. The SMILES string of the molecule is N#C/C(=C\c1ccc(C(F)(F)F)cc1)c1ccc(Cl)cc1. The van der Waals surface area contributed by atoms with E-state index in [1.807, 2.05) is 6.07 Å². The standard InChI is InChI=1S/C16H9ClF3N/c17-15-7-3-12(4-8-15)13(10-21)9-11-1-5-14(6-2-11)16(18,19)20/h1-9H/b13-9+. The quantitative estimate of drug-likeness (QED) is 0.536. The highest BCUT2D eigenvalue weighted by Gasteiger charge is 2.29. The second-order valence-corrected chi connectivity index (χ2v) is 4.73. The molecule has 0 aromatic heterocycles. The van der Waals surface area contributed by atoms with Crippen LogP contribution in [0.3, 0.4) is 0 Å². The largest absolute Gasteiger partial charge is 0.416 e. The molecule has 1 nitrogen and oxygen atoms in total. The van der Waals surface area contributed by atoms with Gasteiger partial charge >= 0.3 is 6.18 Å². The van der Waals surface area contributed by atoms with Crippen LogP contribution in [0.15, 0.2) is 48.5 Å². The van der Waals surface area contributed by atoms with Gasteiger partial charge in [-0.1, -0.05) is 35.9 Å². The first kappa shape index (κ1) is 15.1. The van der Waals surface area contributed by atoms with E-state index >= 15 is 0 Å². The van der Waals surface area contributed by atoms with Gasteiger partial charge < -0.3 is 0 Å². The van der Waals surface area contributed by atoms with Crippen LogP contribution in [0.2, 0.25) is 5.02 Å². The lowest BCUT2D eigenvalue weighted by atomic mass is 10.0. The number of benzene rings is 2. The van der Waals surface area contributed by atoms with E-state index < -0.39 is 11.7 Å². The average Bonchev–Trinajstić information content (AvgIpc) is 2.45. The van der Waals surface area contributed by atoms with Crippen LogP contribution in [0.4, 0.5) is 13.2 Å². The molecule has 0 heterocycles. The van der Waals surface area contributed by atoms with Gasteiger partial charge in [0, 0.05) is 5.02 Å². The highest BCUT2D eigenvalue weighted by Crippen LogP contribution is 2.29. The summed E-state index contributed by atoms with van der Waals surface area (Å²) >= 11 is 5.77. The van der Waals surface area contributed by atoms with Crippen molar-refractivity contribution in [3.63, 3.8) is 0 Å². The molecule has 0 aliphatic heterocycles. The zero-order chi connectivity index (χ0) is 15.5. The van der Waals surface area contributed by atoms with Gasteiger partial charge in [0.15, 0.2) is 0 Å². The fourth-order valence-electron chi connectivity index (χ4n) is 1.74. The summed E-state index contributed by atoms with van der Waals surface area (Å²) < 4.78 is 37.4. The van der Waals surface area contributed by atoms with Gasteiger partial charge in [-0.2, -0.15) is 18.4 Å². The summed E-state index contributed by atoms with van der Waals surface area (Å²) in [6.07, 6.45) is -2.83. The molecule has 0 fully saturated rings. The highest BCUT2D eigenvalue weighted by molar-refractivity contribution is 6.30. The van der Waals surface area contributed by atoms with Crippen LogP contribution in [-0.2, 0) is 6.18 Å². The molecule has 0 spiro atoms. The molecule has 0 unspecified atom stereocenters. The van der Waals surface area contributed by atoms with Gasteiger partial charge in [0.25, 0.3) is 0 Å². The van der Waals surface area contributed by atoms with E-state index in [9.17, 15) is 13.2 Å². The molecule has 0 saturated heterocycles. The zero-order valence-corrected chi connectivity index (χ0v) is 11.4. The van der Waals surface area contributed by atoms with E-state index in [1.165, 1.54) is 18.2 Å². The molecule has 0 amide bonds. The molecule has 2 aromatic rings. The van der Waals surface area contributed by atoms with Crippen LogP contribution in [0.5, 0.6) is 0 Å². The molecule has 21 heavy (non-hydrogen) atoms. The summed E-state index contributed by atoms with van der Waals surface area (Å²) in [6.45, 7) is 0. The predicted octanol–water partition coefficient (Wildman–Crippen LogP) is 5.42. The van der Waals surface area contributed by atoms with Crippen LogP contribution >= 0.6 is 11.6 Å². The first-order chi connectivity index (χ1) is 9.90. The molecule has 0 saturated carbocycles. The normalized spacial score (nSPS) is 12.0. The number of rotatable bonds is 2. The summed E-state index contributed by atoms with van der Waals surface area (Å²) in [5.41, 5.74) is 0.812. The minimum atomic E-state index is -4.36. The van der Waals surface area contributed by atoms with Gasteiger partial charge in [0.05, 0.1) is 17.2 Å². The Hall–Kier alpha value is -2.25. The number of halogens is 4. The van der Waals surface area contributed by atoms with Gasteiger partial charge in [0.1, 0.15) is 0 Å². The van der Waals surface area contributed by atoms with Crippen molar-refractivity contribution in [2.24, 2.45) is 0 Å². The third-order valence-electron chi connectivity index (χ3n) is 2.82. The number of nitrogens with zero attached hydrogens (tertiary/aromatic N) is 1. The summed E-state index contributed by atoms with van der Waals surface area (Å²) in [7, 11) is 0. The van der Waals surface area contributed by atoms with Crippen LogP contribution in [-0.4, -0.2) is 0 Å². The Morgan fingerprint density at radius 1 is 1.00 bits per heavy atom. The number of hydrogen-bond acceptors (Lipinski definition) is 1. The van der Waals surface area contributed by atoms with Crippen molar-refractivity contribution < 1.29 is 13.2 Å². The Kier molecular flexibility index (Phi) is 4.35. The fraction of sp³-hybridized carbons (Fsp3) is 0.0625. The number of allylic oxidation sites excluding steroid dienone is 1. The van der Waals surface area contributed by atoms with Crippen molar-refractivity contribution in [2.45, 2.75) is 6.18 Å². The smallest absolute Gasteiger partial charge is 0.192 e. The van der Waals surface area contributed by atoms with Gasteiger partial charge in [-0.05, 0) is 41.5 Å². The number of hydrogen-bond donors (Lipinski definition) is 0. The number of alkyl halides is 3. The summed E-state index contributed by atoms with van der Waals surface area (Å²) in [4.78, 5) is 0. The summed E-state index contributed by atoms with van der Waals surface area (Å²) in [6, 6.07) is 13.3. The minimum absolute atomic E-state index is 0.353. The maximum absolute atomic E-state index is 12.5. The van der Waals surface area contributed by atoms with Gasteiger partial charge in [-0.25, -0.2) is 0 Å². The topological polar surface area (TPSA) is 23.8 Å². The van der Waals surface area contributed by atoms with E-state index in [2.05, 4.69) is 0 Å². The van der Waals surface area contributed by atoms with Crippen molar-refractivity contribution >= 4 is 23.3 Å². The maximum Gasteiger partial charge on any atom is 0.416 e. The first-order valence-electron chi connectivity index (χ1n) is 5.95. The molecule has 0 radical (unpaired) electrons. The van der Waals surface area contributed by atoms with E-state index in [0.717, 1.165) is 12.1 Å². The van der Waals surface area contributed by atoms with Crippen molar-refractivity contribution in [3.8, 4) is 6.07 Å². The molecule has 2 aromatic carbocycles. The fourth-order valence-corrected chi connectivity index (χ4v) is 1.87. The molecule has 0 N–H and O–H groups in total. The molecule has 0 atom stereocenters. The molecule has 106 valence electrons. The Bertz CT molecular complexity index is 692. The van der Waals surface area contributed by atoms with Gasteiger partial charge in [-0.3, -0.25) is 0 Å². The van der Waals surface area contributed by atoms with Crippen LogP contribution < -0.4 is 0 Å². The van der Waals surface area contributed by atoms with Gasteiger partial charge in [0.2, 0.25) is 0 Å².